The summed E-state index contributed by atoms with van der Waals surface area (Å²) in [5.41, 5.74) is 1.59. The molecule has 2 aliphatic rings. The SMILES string of the molecule is O=C(CC1CCN(C(=O)c2nnc(C(=O)Nc3ccc4c(c3)OCO4)s2)CC1)NCc1ccccc1. The number of nitrogens with one attached hydrogen (secondary N) is 2. The summed E-state index contributed by atoms with van der Waals surface area (Å²) in [4.78, 5) is 39.5. The van der Waals surface area contributed by atoms with E-state index in [0.29, 0.717) is 43.2 Å². The number of anilines is 1. The smallest absolute Gasteiger partial charge is 0.286 e. The Kier molecular flexibility index (Phi) is 7.08. The van der Waals surface area contributed by atoms with E-state index < -0.39 is 5.91 Å². The van der Waals surface area contributed by atoms with Crippen LogP contribution in [-0.4, -0.2) is 52.7 Å². The average Bonchev–Trinajstić information content (AvgIpc) is 3.58. The zero-order valence-electron chi connectivity index (χ0n) is 19.4. The van der Waals surface area contributed by atoms with Gasteiger partial charge in [0.05, 0.1) is 0 Å². The van der Waals surface area contributed by atoms with E-state index >= 15 is 0 Å². The Bertz CT molecular complexity index is 1260. The van der Waals surface area contributed by atoms with Gasteiger partial charge < -0.3 is 25.0 Å². The Morgan fingerprint density at radius 1 is 0.972 bits per heavy atom. The number of amides is 3. The van der Waals surface area contributed by atoms with Crippen molar-refractivity contribution >= 4 is 34.7 Å². The minimum absolute atomic E-state index is 0.0193. The van der Waals surface area contributed by atoms with Crippen molar-refractivity contribution in [2.24, 2.45) is 5.92 Å². The van der Waals surface area contributed by atoms with Crippen LogP contribution in [0.1, 0.15) is 44.4 Å². The first kappa shape index (κ1) is 23.7. The Morgan fingerprint density at radius 2 is 1.72 bits per heavy atom. The van der Waals surface area contributed by atoms with Gasteiger partial charge in [0, 0.05) is 37.8 Å². The number of rotatable bonds is 7. The lowest BCUT2D eigenvalue weighted by Crippen LogP contribution is -2.39. The molecular weight excluding hydrogens is 482 g/mol. The van der Waals surface area contributed by atoms with Gasteiger partial charge in [0.2, 0.25) is 22.7 Å². The molecule has 5 rings (SSSR count). The molecule has 0 atom stereocenters. The van der Waals surface area contributed by atoms with Crippen LogP contribution in [0.4, 0.5) is 5.69 Å². The molecule has 3 amide bonds. The number of likely N-dealkylation sites (tertiary alicyclic amines) is 1. The third kappa shape index (κ3) is 5.62. The molecule has 11 heteroatoms. The Balaban J connectivity index is 1.09. The van der Waals surface area contributed by atoms with Crippen LogP contribution in [0.2, 0.25) is 0 Å². The van der Waals surface area contributed by atoms with Gasteiger partial charge in [-0.15, -0.1) is 10.2 Å². The zero-order valence-corrected chi connectivity index (χ0v) is 20.3. The predicted octanol–water partition coefficient (Wildman–Crippen LogP) is 3.08. The van der Waals surface area contributed by atoms with Gasteiger partial charge in [0.1, 0.15) is 0 Å². The van der Waals surface area contributed by atoms with Crippen LogP contribution in [0.5, 0.6) is 11.5 Å². The Labute approximate surface area is 211 Å². The molecule has 1 aromatic heterocycles. The van der Waals surface area contributed by atoms with Gasteiger partial charge in [-0.2, -0.15) is 0 Å². The molecule has 0 unspecified atom stereocenters. The molecule has 3 heterocycles. The van der Waals surface area contributed by atoms with E-state index in [1.807, 2.05) is 30.3 Å². The highest BCUT2D eigenvalue weighted by atomic mass is 32.1. The molecule has 2 aromatic carbocycles. The molecule has 2 aliphatic heterocycles. The first-order valence-corrected chi connectivity index (χ1v) is 12.5. The third-order valence-electron chi connectivity index (χ3n) is 6.14. The summed E-state index contributed by atoms with van der Waals surface area (Å²) in [6.45, 7) is 1.73. The molecule has 3 aromatic rings. The molecule has 10 nitrogen and oxygen atoms in total. The van der Waals surface area contributed by atoms with E-state index in [2.05, 4.69) is 20.8 Å². The monoisotopic (exact) mass is 507 g/mol. The second kappa shape index (κ2) is 10.7. The first-order chi connectivity index (χ1) is 17.5. The average molecular weight is 508 g/mol. The number of aromatic nitrogens is 2. The minimum Gasteiger partial charge on any atom is -0.454 e. The van der Waals surface area contributed by atoms with Gasteiger partial charge in [0.15, 0.2) is 11.5 Å². The topological polar surface area (TPSA) is 123 Å². The summed E-state index contributed by atoms with van der Waals surface area (Å²) >= 11 is 0.958. The summed E-state index contributed by atoms with van der Waals surface area (Å²) in [5.74, 6) is 0.715. The molecule has 0 spiro atoms. The second-order valence-electron chi connectivity index (χ2n) is 8.64. The highest BCUT2D eigenvalue weighted by molar-refractivity contribution is 7.15. The fourth-order valence-corrected chi connectivity index (χ4v) is 4.87. The summed E-state index contributed by atoms with van der Waals surface area (Å²) in [6.07, 6.45) is 1.92. The number of piperidine rings is 1. The highest BCUT2D eigenvalue weighted by Gasteiger charge is 2.28. The van der Waals surface area contributed by atoms with E-state index in [0.717, 1.165) is 29.7 Å². The fraction of sp³-hybridized carbons (Fsp3) is 0.320. The molecule has 36 heavy (non-hydrogen) atoms. The molecular formula is C25H25N5O5S. The minimum atomic E-state index is -0.453. The van der Waals surface area contributed by atoms with Crippen LogP contribution in [0, 0.1) is 5.92 Å². The van der Waals surface area contributed by atoms with Crippen molar-refractivity contribution < 1.29 is 23.9 Å². The Hall–Kier alpha value is -3.99. The van der Waals surface area contributed by atoms with Gasteiger partial charge in [-0.3, -0.25) is 14.4 Å². The van der Waals surface area contributed by atoms with E-state index in [-0.39, 0.29) is 34.5 Å². The molecule has 0 aliphatic carbocycles. The maximum absolute atomic E-state index is 12.9. The number of hydrogen-bond donors (Lipinski definition) is 2. The summed E-state index contributed by atoms with van der Waals surface area (Å²) in [6, 6.07) is 14.9. The van der Waals surface area contributed by atoms with E-state index in [1.165, 1.54) is 0 Å². The van der Waals surface area contributed by atoms with Crippen molar-refractivity contribution in [3.8, 4) is 11.5 Å². The lowest BCUT2D eigenvalue weighted by atomic mass is 9.93. The van der Waals surface area contributed by atoms with Gasteiger partial charge in [0.25, 0.3) is 11.8 Å². The standard InChI is InChI=1S/C25H25N5O5S/c31-21(26-14-17-4-2-1-3-5-17)12-16-8-10-30(11-9-16)25(33)24-29-28-23(36-24)22(32)27-18-6-7-19-20(13-18)35-15-34-19/h1-7,13,16H,8-12,14-15H2,(H,26,31)(H,27,32). The number of carbonyl (C=O) groups excluding carboxylic acids is 3. The Morgan fingerprint density at radius 3 is 2.53 bits per heavy atom. The molecule has 2 N–H and O–H groups in total. The van der Waals surface area contributed by atoms with Crippen molar-refractivity contribution in [3.63, 3.8) is 0 Å². The van der Waals surface area contributed by atoms with Crippen LogP contribution >= 0.6 is 11.3 Å². The predicted molar refractivity (Wildman–Crippen MR) is 132 cm³/mol. The van der Waals surface area contributed by atoms with Crippen LogP contribution in [0.15, 0.2) is 48.5 Å². The molecule has 0 radical (unpaired) electrons. The van der Waals surface area contributed by atoms with Crippen molar-refractivity contribution in [2.75, 3.05) is 25.2 Å². The van der Waals surface area contributed by atoms with Gasteiger partial charge in [-0.05, 0) is 36.5 Å². The fourth-order valence-electron chi connectivity index (χ4n) is 4.17. The number of fused-ring (bicyclic) bond motifs is 1. The van der Waals surface area contributed by atoms with Crippen LogP contribution in [-0.2, 0) is 11.3 Å². The lowest BCUT2D eigenvalue weighted by Gasteiger charge is -2.31. The summed E-state index contributed by atoms with van der Waals surface area (Å²) < 4.78 is 10.6. The first-order valence-electron chi connectivity index (χ1n) is 11.7. The number of nitrogens with zero attached hydrogens (tertiary/aromatic N) is 3. The van der Waals surface area contributed by atoms with Gasteiger partial charge in [-0.1, -0.05) is 41.7 Å². The second-order valence-corrected chi connectivity index (χ2v) is 9.61. The van der Waals surface area contributed by atoms with Crippen molar-refractivity contribution in [1.82, 2.24) is 20.4 Å². The van der Waals surface area contributed by atoms with E-state index in [4.69, 9.17) is 9.47 Å². The van der Waals surface area contributed by atoms with Crippen LogP contribution in [0.25, 0.3) is 0 Å². The quantitative estimate of drug-likeness (QED) is 0.504. The molecule has 0 saturated carbocycles. The number of benzene rings is 2. The van der Waals surface area contributed by atoms with Crippen molar-refractivity contribution in [2.45, 2.75) is 25.8 Å². The van der Waals surface area contributed by atoms with Crippen LogP contribution < -0.4 is 20.1 Å². The van der Waals surface area contributed by atoms with E-state index in [1.54, 1.807) is 23.1 Å². The largest absolute Gasteiger partial charge is 0.454 e. The molecule has 0 bridgehead atoms. The van der Waals surface area contributed by atoms with Crippen LogP contribution in [0.3, 0.4) is 0 Å². The number of hydrogen-bond acceptors (Lipinski definition) is 8. The number of ether oxygens (including phenoxy) is 2. The van der Waals surface area contributed by atoms with Crippen molar-refractivity contribution in [1.29, 1.82) is 0 Å². The number of carbonyl (C=O) groups is 3. The van der Waals surface area contributed by atoms with Gasteiger partial charge >= 0.3 is 0 Å². The molecule has 1 fully saturated rings. The normalized spacial score (nSPS) is 14.9. The zero-order chi connectivity index (χ0) is 24.9. The lowest BCUT2D eigenvalue weighted by molar-refractivity contribution is -0.122. The highest BCUT2D eigenvalue weighted by Crippen LogP contribution is 2.34. The van der Waals surface area contributed by atoms with E-state index in [9.17, 15) is 14.4 Å². The summed E-state index contributed by atoms with van der Waals surface area (Å²) in [5, 5.41) is 13.8. The molecule has 186 valence electrons. The third-order valence-corrected chi connectivity index (χ3v) is 7.05. The van der Waals surface area contributed by atoms with Crippen molar-refractivity contribution in [3.05, 3.63) is 64.1 Å². The van der Waals surface area contributed by atoms with Gasteiger partial charge in [-0.25, -0.2) is 0 Å². The maximum atomic E-state index is 12.9. The maximum Gasteiger partial charge on any atom is 0.286 e. The summed E-state index contributed by atoms with van der Waals surface area (Å²) in [7, 11) is 0. The molecule has 1 saturated heterocycles.